The van der Waals surface area contributed by atoms with Gasteiger partial charge in [-0.1, -0.05) is 30.3 Å². The molecule has 0 spiro atoms. The zero-order chi connectivity index (χ0) is 14.8. The molecule has 0 aliphatic carbocycles. The molecule has 0 aliphatic rings. The van der Waals surface area contributed by atoms with Crippen molar-refractivity contribution in [3.63, 3.8) is 0 Å². The zero-order valence-electron chi connectivity index (χ0n) is 12.5. The number of rotatable bonds is 4. The zero-order valence-corrected chi connectivity index (χ0v) is 12.5. The number of fused-ring (bicyclic) bond motifs is 1. The van der Waals surface area contributed by atoms with Crippen LogP contribution >= 0.6 is 0 Å². The van der Waals surface area contributed by atoms with Gasteiger partial charge in [-0.2, -0.15) is 0 Å². The van der Waals surface area contributed by atoms with Gasteiger partial charge in [0, 0.05) is 23.7 Å². The van der Waals surface area contributed by atoms with Crippen molar-refractivity contribution in [1.29, 1.82) is 0 Å². The molecule has 3 aromatic rings. The summed E-state index contributed by atoms with van der Waals surface area (Å²) in [7, 11) is 3.36. The predicted octanol–water partition coefficient (Wildman–Crippen LogP) is 4.27. The van der Waals surface area contributed by atoms with E-state index in [4.69, 9.17) is 9.47 Å². The fourth-order valence-electron chi connectivity index (χ4n) is 2.72. The second kappa shape index (κ2) is 5.52. The number of hydrogen-bond donors (Lipinski definition) is 0. The maximum Gasteiger partial charge on any atom is 0.131 e. The van der Waals surface area contributed by atoms with Crippen molar-refractivity contribution in [2.24, 2.45) is 0 Å². The molecule has 0 amide bonds. The average Bonchev–Trinajstić information content (AvgIpc) is 2.97. The highest BCUT2D eigenvalue weighted by molar-refractivity contribution is 5.88. The SMILES string of the molecule is COc1cc(OC)c2ccn(C(C)c3ccccc3)c2c1. The summed E-state index contributed by atoms with van der Waals surface area (Å²) < 4.78 is 13.1. The predicted molar refractivity (Wildman–Crippen MR) is 85.3 cm³/mol. The van der Waals surface area contributed by atoms with E-state index in [1.165, 1.54) is 5.56 Å². The monoisotopic (exact) mass is 281 g/mol. The Balaban J connectivity index is 2.15. The number of ether oxygens (including phenoxy) is 2. The molecule has 0 saturated carbocycles. The second-order valence-corrected chi connectivity index (χ2v) is 5.07. The van der Waals surface area contributed by atoms with Crippen LogP contribution in [0.1, 0.15) is 18.5 Å². The highest BCUT2D eigenvalue weighted by Crippen LogP contribution is 2.34. The molecule has 0 bridgehead atoms. The van der Waals surface area contributed by atoms with E-state index in [9.17, 15) is 0 Å². The second-order valence-electron chi connectivity index (χ2n) is 5.07. The minimum atomic E-state index is 0.250. The molecule has 0 N–H and O–H groups in total. The first-order valence-corrected chi connectivity index (χ1v) is 7.02. The lowest BCUT2D eigenvalue weighted by Gasteiger charge is -2.16. The van der Waals surface area contributed by atoms with Gasteiger partial charge in [-0.25, -0.2) is 0 Å². The van der Waals surface area contributed by atoms with Crippen molar-refractivity contribution in [2.45, 2.75) is 13.0 Å². The Morgan fingerprint density at radius 1 is 0.952 bits per heavy atom. The van der Waals surface area contributed by atoms with Crippen LogP contribution in [0.3, 0.4) is 0 Å². The first-order chi connectivity index (χ1) is 10.2. The summed E-state index contributed by atoms with van der Waals surface area (Å²) in [4.78, 5) is 0. The van der Waals surface area contributed by atoms with E-state index in [2.05, 4.69) is 54.1 Å². The van der Waals surface area contributed by atoms with E-state index in [0.717, 1.165) is 22.4 Å². The largest absolute Gasteiger partial charge is 0.497 e. The Bertz CT molecular complexity index is 747. The van der Waals surface area contributed by atoms with E-state index in [1.54, 1.807) is 14.2 Å². The van der Waals surface area contributed by atoms with Gasteiger partial charge in [0.25, 0.3) is 0 Å². The number of nitrogens with zero attached hydrogens (tertiary/aromatic N) is 1. The number of methoxy groups -OCH3 is 2. The van der Waals surface area contributed by atoms with Crippen molar-refractivity contribution in [3.05, 3.63) is 60.3 Å². The van der Waals surface area contributed by atoms with E-state index in [1.807, 2.05) is 12.1 Å². The molecule has 0 fully saturated rings. The Labute approximate surface area is 124 Å². The van der Waals surface area contributed by atoms with E-state index >= 15 is 0 Å². The summed E-state index contributed by atoms with van der Waals surface area (Å²) in [5.74, 6) is 1.64. The molecule has 1 heterocycles. The minimum absolute atomic E-state index is 0.250. The fraction of sp³-hybridized carbons (Fsp3) is 0.222. The number of aromatic nitrogens is 1. The molecule has 108 valence electrons. The molecule has 0 aliphatic heterocycles. The summed E-state index contributed by atoms with van der Waals surface area (Å²) in [6.07, 6.45) is 2.10. The van der Waals surface area contributed by atoms with E-state index in [0.29, 0.717) is 0 Å². The highest BCUT2D eigenvalue weighted by Gasteiger charge is 2.14. The lowest BCUT2D eigenvalue weighted by Crippen LogP contribution is -2.05. The first kappa shape index (κ1) is 13.6. The molecular weight excluding hydrogens is 262 g/mol. The summed E-state index contributed by atoms with van der Waals surface area (Å²) in [6.45, 7) is 2.20. The molecule has 2 aromatic carbocycles. The highest BCUT2D eigenvalue weighted by atomic mass is 16.5. The molecule has 3 nitrogen and oxygen atoms in total. The Kier molecular flexibility index (Phi) is 3.57. The third-order valence-corrected chi connectivity index (χ3v) is 3.93. The summed E-state index contributed by atoms with van der Waals surface area (Å²) in [5.41, 5.74) is 2.39. The van der Waals surface area contributed by atoms with Crippen LogP contribution in [-0.4, -0.2) is 18.8 Å². The third kappa shape index (κ3) is 2.35. The van der Waals surface area contributed by atoms with Gasteiger partial charge in [0.1, 0.15) is 11.5 Å². The normalized spacial score (nSPS) is 12.3. The molecule has 1 aromatic heterocycles. The molecule has 21 heavy (non-hydrogen) atoms. The smallest absolute Gasteiger partial charge is 0.131 e. The minimum Gasteiger partial charge on any atom is -0.497 e. The van der Waals surface area contributed by atoms with Crippen molar-refractivity contribution < 1.29 is 9.47 Å². The van der Waals surface area contributed by atoms with Crippen LogP contribution in [0.5, 0.6) is 11.5 Å². The van der Waals surface area contributed by atoms with Gasteiger partial charge < -0.3 is 14.0 Å². The molecule has 0 saturated heterocycles. The number of hydrogen-bond acceptors (Lipinski definition) is 2. The van der Waals surface area contributed by atoms with Gasteiger partial charge in [0.05, 0.1) is 25.8 Å². The van der Waals surface area contributed by atoms with Crippen LogP contribution in [0, 0.1) is 0 Å². The quantitative estimate of drug-likeness (QED) is 0.713. The summed E-state index contributed by atoms with van der Waals surface area (Å²) in [5, 5.41) is 1.10. The fourth-order valence-corrected chi connectivity index (χ4v) is 2.72. The maximum atomic E-state index is 5.48. The summed E-state index contributed by atoms with van der Waals surface area (Å²) >= 11 is 0. The van der Waals surface area contributed by atoms with E-state index in [-0.39, 0.29) is 6.04 Å². The van der Waals surface area contributed by atoms with Crippen LogP contribution in [0.15, 0.2) is 54.7 Å². The van der Waals surface area contributed by atoms with Crippen LogP contribution < -0.4 is 9.47 Å². The Morgan fingerprint density at radius 3 is 2.38 bits per heavy atom. The standard InChI is InChI=1S/C18H19NO2/c1-13(14-7-5-4-6-8-14)19-10-9-16-17(19)11-15(20-2)12-18(16)21-3/h4-13H,1-3H3. The molecule has 3 rings (SSSR count). The lowest BCUT2D eigenvalue weighted by atomic mass is 10.1. The van der Waals surface area contributed by atoms with Gasteiger partial charge in [0.2, 0.25) is 0 Å². The molecular formula is C18H19NO2. The molecule has 3 heteroatoms. The number of benzene rings is 2. The van der Waals surface area contributed by atoms with Crippen LogP contribution in [0.4, 0.5) is 0 Å². The maximum absolute atomic E-state index is 5.48. The lowest BCUT2D eigenvalue weighted by molar-refractivity contribution is 0.397. The van der Waals surface area contributed by atoms with E-state index < -0.39 is 0 Å². The average molecular weight is 281 g/mol. The van der Waals surface area contributed by atoms with Crippen LogP contribution in [0.25, 0.3) is 10.9 Å². The van der Waals surface area contributed by atoms with Crippen molar-refractivity contribution >= 4 is 10.9 Å². The molecule has 0 radical (unpaired) electrons. The topological polar surface area (TPSA) is 23.4 Å². The molecule has 1 unspecified atom stereocenters. The van der Waals surface area contributed by atoms with Gasteiger partial charge in [-0.3, -0.25) is 0 Å². The summed E-state index contributed by atoms with van der Waals surface area (Å²) in [6, 6.07) is 16.8. The van der Waals surface area contributed by atoms with Crippen molar-refractivity contribution in [2.75, 3.05) is 14.2 Å². The van der Waals surface area contributed by atoms with Gasteiger partial charge in [-0.15, -0.1) is 0 Å². The van der Waals surface area contributed by atoms with Gasteiger partial charge in [-0.05, 0) is 18.6 Å². The van der Waals surface area contributed by atoms with Crippen molar-refractivity contribution in [3.8, 4) is 11.5 Å². The van der Waals surface area contributed by atoms with Crippen LogP contribution in [-0.2, 0) is 0 Å². The van der Waals surface area contributed by atoms with Gasteiger partial charge in [0.15, 0.2) is 0 Å². The van der Waals surface area contributed by atoms with Crippen LogP contribution in [0.2, 0.25) is 0 Å². The Morgan fingerprint density at radius 2 is 1.71 bits per heavy atom. The molecule has 1 atom stereocenters. The van der Waals surface area contributed by atoms with Crippen molar-refractivity contribution in [1.82, 2.24) is 4.57 Å². The Hall–Kier alpha value is -2.42. The van der Waals surface area contributed by atoms with Gasteiger partial charge >= 0.3 is 0 Å². The third-order valence-electron chi connectivity index (χ3n) is 3.93. The first-order valence-electron chi connectivity index (χ1n) is 7.02.